The fourth-order valence-corrected chi connectivity index (χ4v) is 7.80. The van der Waals surface area contributed by atoms with Crippen molar-refractivity contribution in [3.05, 3.63) is 59.7 Å². The van der Waals surface area contributed by atoms with E-state index in [9.17, 15) is 28.3 Å². The summed E-state index contributed by atoms with van der Waals surface area (Å²) in [6.07, 6.45) is -2.11. The van der Waals surface area contributed by atoms with Crippen molar-refractivity contribution in [3.8, 4) is 0 Å². The van der Waals surface area contributed by atoms with Gasteiger partial charge < -0.3 is 40.5 Å². The van der Waals surface area contributed by atoms with Crippen LogP contribution in [0.4, 0.5) is 11.4 Å². The maximum atomic E-state index is 12.9. The van der Waals surface area contributed by atoms with Crippen LogP contribution in [-0.4, -0.2) is 112 Å². The third kappa shape index (κ3) is 25.1. The normalized spacial score (nSPS) is 12.2. The van der Waals surface area contributed by atoms with Crippen molar-refractivity contribution < 1.29 is 74.7 Å². The zero-order chi connectivity index (χ0) is 45.6. The Kier molecular flexibility index (Phi) is 31.2. The zero-order valence-corrected chi connectivity index (χ0v) is 38.6. The monoisotopic (exact) mass is 932 g/mol. The second kappa shape index (κ2) is 32.8. The van der Waals surface area contributed by atoms with Crippen molar-refractivity contribution >= 4 is 69.6 Å². The molecule has 0 heterocycles. The second-order valence-corrected chi connectivity index (χ2v) is 16.4. The molecule has 0 saturated heterocycles. The summed E-state index contributed by atoms with van der Waals surface area (Å²) in [6.45, 7) is 13.2. The summed E-state index contributed by atoms with van der Waals surface area (Å²) in [5.74, 6) is -1.58. The van der Waals surface area contributed by atoms with Gasteiger partial charge in [0.2, 0.25) is 11.8 Å². The number of aliphatic hydroxyl groups is 2. The van der Waals surface area contributed by atoms with Gasteiger partial charge in [-0.1, -0.05) is 24.3 Å². The first-order valence-corrected chi connectivity index (χ1v) is 23.9. The Bertz CT molecular complexity index is 1640. The van der Waals surface area contributed by atoms with E-state index in [2.05, 4.69) is 21.3 Å². The van der Waals surface area contributed by atoms with Crippen LogP contribution in [0.5, 0.6) is 0 Å². The number of phosphoric ester groups is 2. The van der Waals surface area contributed by atoms with E-state index < -0.39 is 60.6 Å². The minimum atomic E-state index is -4.01. The summed E-state index contributed by atoms with van der Waals surface area (Å²) in [5, 5.41) is 28.0. The van der Waals surface area contributed by atoms with E-state index in [4.69, 9.17) is 57.6 Å². The lowest BCUT2D eigenvalue weighted by atomic mass is 10.1. The molecule has 2 aromatic rings. The fraction of sp³-hybridized carbons (Fsp3) is 0.556. The molecule has 2 rings (SSSR count). The van der Waals surface area contributed by atoms with Crippen LogP contribution in [-0.2, 0) is 54.9 Å². The number of para-hydroxylation sites is 2. The molecule has 20 nitrogen and oxygen atoms in total. The molecule has 4 amide bonds. The van der Waals surface area contributed by atoms with Crippen molar-refractivity contribution in [3.63, 3.8) is 0 Å². The summed E-state index contributed by atoms with van der Waals surface area (Å²) >= 11 is 5.50. The fourth-order valence-electron chi connectivity index (χ4n) is 4.20. The lowest BCUT2D eigenvalue weighted by Gasteiger charge is -2.25. The summed E-state index contributed by atoms with van der Waals surface area (Å²) in [7, 11) is -9.03. The molecule has 0 aliphatic carbocycles. The molecule has 2 aromatic carbocycles. The van der Waals surface area contributed by atoms with Gasteiger partial charge in [-0.3, -0.25) is 46.3 Å². The topological polar surface area (TPSA) is 265 Å². The molecule has 0 saturated carbocycles. The van der Waals surface area contributed by atoms with Gasteiger partial charge >= 0.3 is 15.6 Å². The Morgan fingerprint density at radius 3 is 1.43 bits per heavy atom. The van der Waals surface area contributed by atoms with E-state index in [0.29, 0.717) is 30.2 Å². The van der Waals surface area contributed by atoms with Gasteiger partial charge in [0.15, 0.2) is 0 Å². The second-order valence-electron chi connectivity index (χ2n) is 11.3. The smallest absolute Gasteiger partial charge is 0.394 e. The molecular weight excluding hydrogens is 873 g/mol. The molecule has 0 bridgehead atoms. The van der Waals surface area contributed by atoms with E-state index in [1.54, 1.807) is 70.2 Å². The van der Waals surface area contributed by atoms with Gasteiger partial charge in [-0.15, -0.1) is 0 Å². The lowest BCUT2D eigenvalue weighted by Crippen LogP contribution is -2.36. The number of benzene rings is 2. The number of anilines is 2. The van der Waals surface area contributed by atoms with E-state index in [1.165, 1.54) is 19.9 Å². The minimum absolute atomic E-state index is 0.0394. The first-order valence-electron chi connectivity index (χ1n) is 18.9. The van der Waals surface area contributed by atoms with Crippen LogP contribution in [0.25, 0.3) is 0 Å². The van der Waals surface area contributed by atoms with E-state index in [0.717, 1.165) is 0 Å². The number of rotatable bonds is 26. The van der Waals surface area contributed by atoms with Gasteiger partial charge in [0.1, 0.15) is 6.10 Å². The quantitative estimate of drug-likeness (QED) is 0.0558. The maximum absolute atomic E-state index is 12.9. The van der Waals surface area contributed by atoms with Crippen LogP contribution < -0.4 is 21.3 Å². The van der Waals surface area contributed by atoms with Gasteiger partial charge in [-0.05, 0) is 77.0 Å². The molecule has 342 valence electrons. The third-order valence-electron chi connectivity index (χ3n) is 6.47. The molecule has 0 aliphatic rings. The third-order valence-corrected chi connectivity index (χ3v) is 11.3. The molecule has 2 atom stereocenters. The molecule has 60 heavy (non-hydrogen) atoms. The first-order chi connectivity index (χ1) is 28.5. The average molecular weight is 933 g/mol. The maximum Gasteiger partial charge on any atom is 0.475 e. The number of phosphoric acid groups is 2. The Morgan fingerprint density at radius 1 is 0.650 bits per heavy atom. The van der Waals surface area contributed by atoms with E-state index in [-0.39, 0.29) is 56.9 Å². The van der Waals surface area contributed by atoms with Crippen LogP contribution in [0.1, 0.15) is 76.1 Å². The number of carbonyl (C=O) groups excluding carboxylic acids is 4. The van der Waals surface area contributed by atoms with Crippen LogP contribution in [0, 0.1) is 0 Å². The van der Waals surface area contributed by atoms with Crippen molar-refractivity contribution in [2.75, 3.05) is 76.6 Å². The first kappa shape index (κ1) is 57.1. The summed E-state index contributed by atoms with van der Waals surface area (Å²) in [6, 6.07) is 12.9. The number of hydrogen-bond acceptors (Lipinski definition) is 16. The largest absolute Gasteiger partial charge is 0.475 e. The molecule has 0 fully saturated rings. The molecule has 24 heteroatoms. The predicted octanol–water partition coefficient (Wildman–Crippen LogP) is 6.39. The van der Waals surface area contributed by atoms with Gasteiger partial charge in [0.25, 0.3) is 19.5 Å². The van der Waals surface area contributed by atoms with Crippen molar-refractivity contribution in [1.82, 2.24) is 10.6 Å². The van der Waals surface area contributed by atoms with Gasteiger partial charge in [0, 0.05) is 26.9 Å². The predicted molar refractivity (Wildman–Crippen MR) is 228 cm³/mol. The Balaban J connectivity index is 0.00000110. The molecule has 6 N–H and O–H groups in total. The van der Waals surface area contributed by atoms with Gasteiger partial charge in [-0.25, -0.2) is 9.13 Å². The Morgan fingerprint density at radius 2 is 1.05 bits per heavy atom. The van der Waals surface area contributed by atoms with Crippen LogP contribution in [0.15, 0.2) is 48.5 Å². The van der Waals surface area contributed by atoms with E-state index >= 15 is 0 Å². The Hall–Kier alpha value is -2.90. The standard InChI is InChI=1S/C20H34N2O10P2.C12H16N2O4.C4H10ClO2P/c1-6-27-33(25,28-7-2)31-15-17(32-34(26,29-8-3)30-9-4)14-21-20(24)18-12-10-11-13-19(18)22-16(5)23;1-8(16)14-11-5-3-2-4-10(11)12(18)13-6-9(17)7-15;1-3-6-8(5)7-4-2/h10-13,17H,6-9,14-15H2,1-5H3,(H,21,24)(H,22,23);2-5,9,15,17H,6-7H2,1H3,(H,13,18)(H,14,16);3-4H2,1-2H3. The molecule has 2 unspecified atom stereocenters. The number of halogens is 1. The Labute approximate surface area is 357 Å². The highest BCUT2D eigenvalue weighted by Crippen LogP contribution is 2.52. The number of nitrogens with one attached hydrogen (secondary N) is 4. The zero-order valence-electron chi connectivity index (χ0n) is 35.2. The number of amides is 4. The summed E-state index contributed by atoms with van der Waals surface area (Å²) in [5.41, 5.74) is 1.22. The van der Waals surface area contributed by atoms with E-state index in [1.807, 2.05) is 13.8 Å². The average Bonchev–Trinajstić information content (AvgIpc) is 3.19. The van der Waals surface area contributed by atoms with Crippen molar-refractivity contribution in [2.24, 2.45) is 0 Å². The highest BCUT2D eigenvalue weighted by Gasteiger charge is 2.34. The molecule has 0 aliphatic heterocycles. The number of hydrogen-bond donors (Lipinski definition) is 6. The van der Waals surface area contributed by atoms with Crippen LogP contribution >= 0.6 is 34.6 Å². The van der Waals surface area contributed by atoms with Crippen molar-refractivity contribution in [1.29, 1.82) is 0 Å². The molecule has 0 aromatic heterocycles. The molecular formula is C36H60ClN4O16P3. The SMILES string of the molecule is CC(=O)Nc1ccccc1C(=O)NCC(O)CO.CCOP(=O)(OCC)OCC(CNC(=O)c1ccccc1NC(C)=O)OP(=O)(OCC)OCC.CCOP(Cl)OCC. The highest BCUT2D eigenvalue weighted by molar-refractivity contribution is 7.76. The van der Waals surface area contributed by atoms with Gasteiger partial charge in [-0.2, -0.15) is 0 Å². The van der Waals surface area contributed by atoms with Gasteiger partial charge in [0.05, 0.1) is 81.5 Å². The molecule has 0 spiro atoms. The van der Waals surface area contributed by atoms with Crippen LogP contribution in [0.2, 0.25) is 0 Å². The molecule has 0 radical (unpaired) electrons. The number of aliphatic hydroxyl groups excluding tert-OH is 2. The summed E-state index contributed by atoms with van der Waals surface area (Å²) in [4.78, 5) is 47.0. The van der Waals surface area contributed by atoms with Crippen molar-refractivity contribution in [2.45, 2.75) is 67.6 Å². The minimum Gasteiger partial charge on any atom is -0.394 e. The van der Waals surface area contributed by atoms with Crippen LogP contribution in [0.3, 0.4) is 0 Å². The number of carbonyl (C=O) groups is 4. The lowest BCUT2D eigenvalue weighted by molar-refractivity contribution is -0.115. The summed E-state index contributed by atoms with van der Waals surface area (Å²) < 4.78 is 66.6. The highest BCUT2D eigenvalue weighted by atomic mass is 35.7.